The number of halogens is 2. The van der Waals surface area contributed by atoms with Crippen molar-refractivity contribution in [1.82, 2.24) is 0 Å². The number of carbonyl (C=O) groups excluding carboxylic acids is 1. The third kappa shape index (κ3) is 1.02. The molecule has 0 fully saturated rings. The fraction of sp³-hybridized carbons (Fsp3) is 0.125. The van der Waals surface area contributed by atoms with E-state index in [1.165, 1.54) is 0 Å². The van der Waals surface area contributed by atoms with Gasteiger partial charge in [-0.1, -0.05) is 50.1 Å². The van der Waals surface area contributed by atoms with Crippen LogP contribution in [-0.2, 0) is 8.03 Å². The van der Waals surface area contributed by atoms with Gasteiger partial charge in [-0.3, -0.25) is 4.79 Å². The number of carbonyl (C=O) groups is 1. The molecule has 1 N–H and O–H groups in total. The smallest absolute Gasteiger partial charge is 0.256 e. The molecule has 4 heteroatoms. The van der Waals surface area contributed by atoms with Crippen LogP contribution in [0.1, 0.15) is 5.56 Å². The highest BCUT2D eigenvalue weighted by molar-refractivity contribution is 9.25. The molecule has 0 spiro atoms. The maximum absolute atomic E-state index is 11.3. The molecule has 1 aromatic rings. The summed E-state index contributed by atoms with van der Waals surface area (Å²) in [7, 11) is 0. The standard InChI is InChI=1S/C8H5Br2NO/c9-8(10)5-3-1-2-4-6(5)11-7(8)12/h1-4H,(H,11,12). The van der Waals surface area contributed by atoms with Crippen LogP contribution < -0.4 is 5.32 Å². The minimum Gasteiger partial charge on any atom is -0.323 e. The number of benzene rings is 1. The molecule has 1 aliphatic heterocycles. The minimum atomic E-state index is -0.739. The summed E-state index contributed by atoms with van der Waals surface area (Å²) in [4.78, 5) is 11.3. The van der Waals surface area contributed by atoms with Gasteiger partial charge in [0.1, 0.15) is 0 Å². The third-order valence-corrected chi connectivity index (χ3v) is 3.37. The Balaban J connectivity index is 2.63. The number of amides is 1. The zero-order valence-electron chi connectivity index (χ0n) is 5.97. The van der Waals surface area contributed by atoms with Crippen molar-refractivity contribution in [2.75, 3.05) is 5.32 Å². The average Bonchev–Trinajstić information content (AvgIpc) is 2.25. The monoisotopic (exact) mass is 289 g/mol. The second-order valence-electron chi connectivity index (χ2n) is 2.57. The number of hydrogen-bond acceptors (Lipinski definition) is 1. The molecule has 1 aliphatic rings. The van der Waals surface area contributed by atoms with Crippen LogP contribution in [0.4, 0.5) is 5.69 Å². The number of nitrogens with one attached hydrogen (secondary N) is 1. The summed E-state index contributed by atoms with van der Waals surface area (Å²) in [5.41, 5.74) is 1.78. The van der Waals surface area contributed by atoms with Crippen molar-refractivity contribution in [2.24, 2.45) is 0 Å². The summed E-state index contributed by atoms with van der Waals surface area (Å²) < 4.78 is -0.739. The van der Waals surface area contributed by atoms with Crippen LogP contribution in [0.25, 0.3) is 0 Å². The maximum atomic E-state index is 11.3. The van der Waals surface area contributed by atoms with Gasteiger partial charge in [-0.15, -0.1) is 0 Å². The highest BCUT2D eigenvalue weighted by Gasteiger charge is 2.41. The third-order valence-electron chi connectivity index (χ3n) is 1.80. The van der Waals surface area contributed by atoms with E-state index in [0.717, 1.165) is 11.3 Å². The molecule has 0 saturated heterocycles. The van der Waals surface area contributed by atoms with Gasteiger partial charge in [0.2, 0.25) is 0 Å². The highest BCUT2D eigenvalue weighted by atomic mass is 79.9. The first-order valence-electron chi connectivity index (χ1n) is 3.41. The molecule has 0 aliphatic carbocycles. The quantitative estimate of drug-likeness (QED) is 0.731. The van der Waals surface area contributed by atoms with Crippen molar-refractivity contribution in [2.45, 2.75) is 3.23 Å². The van der Waals surface area contributed by atoms with Crippen molar-refractivity contribution >= 4 is 43.5 Å². The second-order valence-corrected chi connectivity index (χ2v) is 6.02. The predicted molar refractivity (Wildman–Crippen MR) is 54.6 cm³/mol. The minimum absolute atomic E-state index is 0.0799. The summed E-state index contributed by atoms with van der Waals surface area (Å²) in [6, 6.07) is 7.56. The number of anilines is 1. The molecule has 62 valence electrons. The molecule has 12 heavy (non-hydrogen) atoms. The Morgan fingerprint density at radius 2 is 1.92 bits per heavy atom. The normalized spacial score (nSPS) is 18.7. The largest absolute Gasteiger partial charge is 0.323 e. The predicted octanol–water partition coefficient (Wildman–Crippen LogP) is 2.58. The topological polar surface area (TPSA) is 29.1 Å². The summed E-state index contributed by atoms with van der Waals surface area (Å²) in [6.07, 6.45) is 0. The van der Waals surface area contributed by atoms with Crippen LogP contribution in [0.3, 0.4) is 0 Å². The van der Waals surface area contributed by atoms with Gasteiger partial charge in [-0.05, 0) is 6.07 Å². The summed E-state index contributed by atoms with van der Waals surface area (Å²) in [5.74, 6) is -0.0799. The Labute approximate surface area is 86.6 Å². The van der Waals surface area contributed by atoms with E-state index >= 15 is 0 Å². The van der Waals surface area contributed by atoms with Crippen molar-refractivity contribution in [1.29, 1.82) is 0 Å². The Bertz CT molecular complexity index is 349. The van der Waals surface area contributed by atoms with E-state index in [9.17, 15) is 4.79 Å². The first kappa shape index (κ1) is 8.26. The fourth-order valence-electron chi connectivity index (χ4n) is 1.19. The van der Waals surface area contributed by atoms with Crippen molar-refractivity contribution in [3.05, 3.63) is 29.8 Å². The number of fused-ring (bicyclic) bond motifs is 1. The molecule has 1 aromatic carbocycles. The molecule has 0 unspecified atom stereocenters. The Morgan fingerprint density at radius 3 is 2.58 bits per heavy atom. The molecular formula is C8H5Br2NO. The van der Waals surface area contributed by atoms with Gasteiger partial charge < -0.3 is 5.32 Å². The maximum Gasteiger partial charge on any atom is 0.256 e. The van der Waals surface area contributed by atoms with E-state index in [-0.39, 0.29) is 5.91 Å². The van der Waals surface area contributed by atoms with Gasteiger partial charge in [-0.25, -0.2) is 0 Å². The van der Waals surface area contributed by atoms with Gasteiger partial charge in [0.05, 0.1) is 0 Å². The molecule has 0 aromatic heterocycles. The van der Waals surface area contributed by atoms with Crippen LogP contribution in [0.2, 0.25) is 0 Å². The SMILES string of the molecule is O=C1Nc2ccccc2C1(Br)Br. The Hall–Kier alpha value is -0.350. The summed E-state index contributed by atoms with van der Waals surface area (Å²) in [6.45, 7) is 0. The van der Waals surface area contributed by atoms with Gasteiger partial charge in [-0.2, -0.15) is 0 Å². The second kappa shape index (κ2) is 2.57. The van der Waals surface area contributed by atoms with Crippen LogP contribution in [-0.4, -0.2) is 5.91 Å². The average molecular weight is 291 g/mol. The van der Waals surface area contributed by atoms with Crippen LogP contribution in [0, 0.1) is 0 Å². The zero-order chi connectivity index (χ0) is 8.77. The summed E-state index contributed by atoms with van der Waals surface area (Å²) >= 11 is 6.62. The molecule has 2 nitrogen and oxygen atoms in total. The van der Waals surface area contributed by atoms with Crippen LogP contribution in [0.15, 0.2) is 24.3 Å². The zero-order valence-corrected chi connectivity index (χ0v) is 9.15. The lowest BCUT2D eigenvalue weighted by molar-refractivity contribution is -0.115. The molecule has 0 bridgehead atoms. The number of alkyl halides is 2. The molecule has 0 radical (unpaired) electrons. The highest BCUT2D eigenvalue weighted by Crippen LogP contribution is 2.46. The number of para-hydroxylation sites is 1. The van der Waals surface area contributed by atoms with E-state index in [0.29, 0.717) is 0 Å². The lowest BCUT2D eigenvalue weighted by Crippen LogP contribution is -2.20. The van der Waals surface area contributed by atoms with E-state index in [4.69, 9.17) is 0 Å². The van der Waals surface area contributed by atoms with Crippen molar-refractivity contribution < 1.29 is 4.79 Å². The van der Waals surface area contributed by atoms with Crippen molar-refractivity contribution in [3.8, 4) is 0 Å². The van der Waals surface area contributed by atoms with E-state index in [1.54, 1.807) is 0 Å². The summed E-state index contributed by atoms with van der Waals surface area (Å²) in [5, 5.41) is 2.75. The molecule has 2 rings (SSSR count). The lowest BCUT2D eigenvalue weighted by atomic mass is 10.2. The van der Waals surface area contributed by atoms with Gasteiger partial charge in [0, 0.05) is 11.3 Å². The Kier molecular flexibility index (Phi) is 1.77. The van der Waals surface area contributed by atoms with Gasteiger partial charge in [0.15, 0.2) is 3.23 Å². The molecular weight excluding hydrogens is 286 g/mol. The number of rotatable bonds is 0. The molecule has 1 amide bonds. The van der Waals surface area contributed by atoms with E-state index < -0.39 is 3.23 Å². The van der Waals surface area contributed by atoms with Crippen LogP contribution >= 0.6 is 31.9 Å². The van der Waals surface area contributed by atoms with Crippen molar-refractivity contribution in [3.63, 3.8) is 0 Å². The molecule has 1 heterocycles. The lowest BCUT2D eigenvalue weighted by Gasteiger charge is -2.09. The number of hydrogen-bond donors (Lipinski definition) is 1. The molecule has 0 saturated carbocycles. The van der Waals surface area contributed by atoms with E-state index in [2.05, 4.69) is 37.2 Å². The van der Waals surface area contributed by atoms with Gasteiger partial charge >= 0.3 is 0 Å². The first-order valence-corrected chi connectivity index (χ1v) is 5.00. The van der Waals surface area contributed by atoms with Gasteiger partial charge in [0.25, 0.3) is 5.91 Å². The first-order chi connectivity index (χ1) is 5.62. The fourth-order valence-corrected chi connectivity index (χ4v) is 2.08. The van der Waals surface area contributed by atoms with E-state index in [1.807, 2.05) is 24.3 Å². The van der Waals surface area contributed by atoms with Crippen LogP contribution in [0.5, 0.6) is 0 Å². The molecule has 0 atom stereocenters. The Morgan fingerprint density at radius 1 is 1.25 bits per heavy atom.